The van der Waals surface area contributed by atoms with Gasteiger partial charge in [0.25, 0.3) is 5.91 Å². The normalized spacial score (nSPS) is 11.4. The van der Waals surface area contributed by atoms with Gasteiger partial charge in [-0.05, 0) is 48.9 Å². The molecule has 3 rings (SSSR count). The Balaban J connectivity index is 1.63. The van der Waals surface area contributed by atoms with Crippen molar-refractivity contribution in [1.82, 2.24) is 5.32 Å². The maximum atomic E-state index is 12.9. The van der Waals surface area contributed by atoms with Crippen molar-refractivity contribution in [3.05, 3.63) is 82.9 Å². The molecule has 0 spiro atoms. The lowest BCUT2D eigenvalue weighted by molar-refractivity contribution is -0.113. The molecule has 0 aliphatic rings. The Hall–Kier alpha value is -3.16. The van der Waals surface area contributed by atoms with E-state index in [0.717, 1.165) is 10.5 Å². The number of thioether (sulfide) groups is 1. The van der Waals surface area contributed by atoms with Crippen LogP contribution in [0.5, 0.6) is 11.5 Å². The first-order chi connectivity index (χ1) is 15.9. The monoisotopic (exact) mass is 484 g/mol. The van der Waals surface area contributed by atoms with Crippen LogP contribution in [0.25, 0.3) is 0 Å². The summed E-state index contributed by atoms with van der Waals surface area (Å²) < 4.78 is 10.5. The van der Waals surface area contributed by atoms with Gasteiger partial charge < -0.3 is 20.1 Å². The minimum atomic E-state index is -0.220. The quantitative estimate of drug-likeness (QED) is 0.388. The van der Waals surface area contributed by atoms with Gasteiger partial charge in [0.15, 0.2) is 11.5 Å². The third-order valence-electron chi connectivity index (χ3n) is 4.85. The van der Waals surface area contributed by atoms with E-state index in [1.165, 1.54) is 18.9 Å². The summed E-state index contributed by atoms with van der Waals surface area (Å²) >= 11 is 7.36. The van der Waals surface area contributed by atoms with E-state index in [1.54, 1.807) is 43.5 Å². The van der Waals surface area contributed by atoms with Crippen molar-refractivity contribution in [2.45, 2.75) is 17.9 Å². The van der Waals surface area contributed by atoms with Crippen molar-refractivity contribution in [3.8, 4) is 11.5 Å². The van der Waals surface area contributed by atoms with Crippen molar-refractivity contribution < 1.29 is 19.1 Å². The molecule has 33 heavy (non-hydrogen) atoms. The minimum Gasteiger partial charge on any atom is -0.493 e. The highest BCUT2D eigenvalue weighted by atomic mass is 35.5. The Morgan fingerprint density at radius 2 is 1.73 bits per heavy atom. The molecule has 0 aliphatic carbocycles. The summed E-state index contributed by atoms with van der Waals surface area (Å²) in [5.41, 5.74) is 2.02. The van der Waals surface area contributed by atoms with Crippen LogP contribution in [0, 0.1) is 0 Å². The number of hydrogen-bond acceptors (Lipinski definition) is 5. The maximum absolute atomic E-state index is 12.9. The van der Waals surface area contributed by atoms with Crippen molar-refractivity contribution in [1.29, 1.82) is 0 Å². The van der Waals surface area contributed by atoms with Gasteiger partial charge in [0.05, 0.1) is 31.6 Å². The molecule has 1 atom stereocenters. The zero-order valence-electron chi connectivity index (χ0n) is 18.6. The van der Waals surface area contributed by atoms with Gasteiger partial charge in [0, 0.05) is 21.7 Å². The van der Waals surface area contributed by atoms with Gasteiger partial charge in [-0.1, -0.05) is 35.9 Å². The van der Waals surface area contributed by atoms with Crippen LogP contribution >= 0.6 is 23.4 Å². The molecule has 0 fully saturated rings. The van der Waals surface area contributed by atoms with Gasteiger partial charge in [0.2, 0.25) is 5.91 Å². The largest absolute Gasteiger partial charge is 0.493 e. The lowest BCUT2D eigenvalue weighted by Gasteiger charge is -2.16. The Morgan fingerprint density at radius 1 is 0.970 bits per heavy atom. The second kappa shape index (κ2) is 11.6. The highest BCUT2D eigenvalue weighted by Crippen LogP contribution is 2.30. The summed E-state index contributed by atoms with van der Waals surface area (Å²) in [6.45, 7) is 1.90. The fraction of sp³-hybridized carbons (Fsp3) is 0.200. The first kappa shape index (κ1) is 24.5. The minimum absolute atomic E-state index is 0.141. The van der Waals surface area contributed by atoms with Crippen molar-refractivity contribution >= 4 is 40.9 Å². The van der Waals surface area contributed by atoms with E-state index < -0.39 is 0 Å². The molecule has 3 aromatic carbocycles. The van der Waals surface area contributed by atoms with E-state index in [4.69, 9.17) is 21.1 Å². The van der Waals surface area contributed by atoms with E-state index in [9.17, 15) is 9.59 Å². The van der Waals surface area contributed by atoms with Crippen LogP contribution in [0.2, 0.25) is 5.02 Å². The van der Waals surface area contributed by atoms with E-state index in [-0.39, 0.29) is 23.6 Å². The molecule has 3 aromatic rings. The molecule has 0 aliphatic heterocycles. The predicted octanol–water partition coefficient (Wildman–Crippen LogP) is 5.58. The fourth-order valence-electron chi connectivity index (χ4n) is 3.17. The molecule has 0 bridgehead atoms. The molecule has 8 heteroatoms. The van der Waals surface area contributed by atoms with Crippen LogP contribution in [0.4, 0.5) is 5.69 Å². The number of hydrogen-bond donors (Lipinski definition) is 2. The second-order valence-corrected chi connectivity index (χ2v) is 8.61. The van der Waals surface area contributed by atoms with Crippen molar-refractivity contribution in [3.63, 3.8) is 0 Å². The summed E-state index contributed by atoms with van der Waals surface area (Å²) in [5, 5.41) is 6.45. The van der Waals surface area contributed by atoms with E-state index >= 15 is 0 Å². The molecular weight excluding hydrogens is 460 g/mol. The number of anilines is 1. The average molecular weight is 485 g/mol. The highest BCUT2D eigenvalue weighted by Gasteiger charge is 2.16. The predicted molar refractivity (Wildman–Crippen MR) is 133 cm³/mol. The van der Waals surface area contributed by atoms with Gasteiger partial charge >= 0.3 is 0 Å². The summed E-state index contributed by atoms with van der Waals surface area (Å²) in [6, 6.07) is 19.5. The molecule has 0 saturated heterocycles. The summed E-state index contributed by atoms with van der Waals surface area (Å²) in [6.07, 6.45) is 0. The number of ether oxygens (including phenoxy) is 2. The number of benzene rings is 3. The standard InChI is InChI=1S/C25H25ClN2O4S/c1-16(17-7-6-8-18(26)13-17)27-25(30)20-9-4-5-10-23(20)33-15-24(29)28-19-11-12-21(31-2)22(14-19)32-3/h4-14,16H,15H2,1-3H3,(H,27,30)(H,28,29). The third-order valence-corrected chi connectivity index (χ3v) is 6.16. The van der Waals surface area contributed by atoms with Gasteiger partial charge in [-0.3, -0.25) is 9.59 Å². The number of rotatable bonds is 9. The topological polar surface area (TPSA) is 76.7 Å². The fourth-order valence-corrected chi connectivity index (χ4v) is 4.22. The van der Waals surface area contributed by atoms with Crippen LogP contribution in [-0.2, 0) is 4.79 Å². The molecule has 0 radical (unpaired) electrons. The number of carbonyl (C=O) groups is 2. The zero-order valence-corrected chi connectivity index (χ0v) is 20.1. The van der Waals surface area contributed by atoms with Crippen LogP contribution in [0.1, 0.15) is 28.9 Å². The first-order valence-corrected chi connectivity index (χ1v) is 11.6. The average Bonchev–Trinajstić information content (AvgIpc) is 2.82. The number of amides is 2. The van der Waals surface area contributed by atoms with Gasteiger partial charge in [-0.2, -0.15) is 0 Å². The number of methoxy groups -OCH3 is 2. The molecule has 2 amide bonds. The number of halogens is 1. The smallest absolute Gasteiger partial charge is 0.252 e. The summed E-state index contributed by atoms with van der Waals surface area (Å²) in [4.78, 5) is 26.1. The Kier molecular flexibility index (Phi) is 8.63. The number of nitrogens with one attached hydrogen (secondary N) is 2. The molecule has 0 heterocycles. The molecule has 2 N–H and O–H groups in total. The van der Waals surface area contributed by atoms with E-state index in [2.05, 4.69) is 10.6 Å². The Labute approximate surface area is 202 Å². The van der Waals surface area contributed by atoms with Crippen molar-refractivity contribution in [2.24, 2.45) is 0 Å². The van der Waals surface area contributed by atoms with E-state index in [1.807, 2.05) is 37.3 Å². The number of carbonyl (C=O) groups excluding carboxylic acids is 2. The van der Waals surface area contributed by atoms with E-state index in [0.29, 0.717) is 27.8 Å². The van der Waals surface area contributed by atoms with Crippen LogP contribution in [-0.4, -0.2) is 31.8 Å². The molecule has 1 unspecified atom stereocenters. The second-order valence-electron chi connectivity index (χ2n) is 7.15. The van der Waals surface area contributed by atoms with Gasteiger partial charge in [-0.25, -0.2) is 0 Å². The zero-order chi connectivity index (χ0) is 23.8. The third kappa shape index (κ3) is 6.66. The van der Waals surface area contributed by atoms with Crippen LogP contribution in [0.3, 0.4) is 0 Å². The molecule has 172 valence electrons. The summed E-state index contributed by atoms with van der Waals surface area (Å²) in [7, 11) is 3.09. The molecular formula is C25H25ClN2O4S. The van der Waals surface area contributed by atoms with Crippen LogP contribution in [0.15, 0.2) is 71.6 Å². The maximum Gasteiger partial charge on any atom is 0.252 e. The molecule has 0 saturated carbocycles. The SMILES string of the molecule is COc1ccc(NC(=O)CSc2ccccc2C(=O)NC(C)c2cccc(Cl)c2)cc1OC. The Morgan fingerprint density at radius 3 is 2.45 bits per heavy atom. The molecule has 0 aromatic heterocycles. The first-order valence-electron chi connectivity index (χ1n) is 10.2. The van der Waals surface area contributed by atoms with Gasteiger partial charge in [-0.15, -0.1) is 11.8 Å². The Bertz CT molecular complexity index is 1140. The lowest BCUT2D eigenvalue weighted by Crippen LogP contribution is -2.27. The molecule has 6 nitrogen and oxygen atoms in total. The van der Waals surface area contributed by atoms with Crippen LogP contribution < -0.4 is 20.1 Å². The highest BCUT2D eigenvalue weighted by molar-refractivity contribution is 8.00. The lowest BCUT2D eigenvalue weighted by atomic mass is 10.1. The van der Waals surface area contributed by atoms with Gasteiger partial charge in [0.1, 0.15) is 0 Å². The van der Waals surface area contributed by atoms with Crippen molar-refractivity contribution in [2.75, 3.05) is 25.3 Å². The summed E-state index contributed by atoms with van der Waals surface area (Å²) in [5.74, 6) is 0.832.